The number of carbonyl (C=O) groups excluding carboxylic acids is 2. The van der Waals surface area contributed by atoms with Gasteiger partial charge in [0.1, 0.15) is 10.3 Å². The highest BCUT2D eigenvalue weighted by Crippen LogP contribution is 2.35. The van der Waals surface area contributed by atoms with E-state index in [1.54, 1.807) is 12.4 Å². The fraction of sp³-hybridized carbons (Fsp3) is 0.395. The molecule has 2 fully saturated rings. The summed E-state index contributed by atoms with van der Waals surface area (Å²) in [5.41, 5.74) is 4.61. The van der Waals surface area contributed by atoms with Crippen LogP contribution in [-0.2, 0) is 25.8 Å². The molecule has 1 aliphatic heterocycles. The molecular formula is C38H44N4O6S2. The Kier molecular flexibility index (Phi) is 11.8. The molecular weight excluding hydrogens is 673 g/mol. The number of aliphatic carboxylic acids is 1. The van der Waals surface area contributed by atoms with Gasteiger partial charge in [-0.05, 0) is 67.7 Å². The number of carbonyl (C=O) groups is 3. The quantitative estimate of drug-likeness (QED) is 0.198. The fourth-order valence-corrected chi connectivity index (χ4v) is 8.22. The highest BCUT2D eigenvalue weighted by Gasteiger charge is 2.39. The minimum atomic E-state index is -3.49. The maximum atomic E-state index is 13.4. The second-order valence-corrected chi connectivity index (χ2v) is 16.5. The van der Waals surface area contributed by atoms with E-state index in [2.05, 4.69) is 40.9 Å². The molecule has 2 N–H and O–H groups in total. The van der Waals surface area contributed by atoms with Crippen LogP contribution in [0.25, 0.3) is 17.0 Å². The van der Waals surface area contributed by atoms with Crippen LogP contribution in [0.3, 0.4) is 0 Å². The first-order chi connectivity index (χ1) is 23.9. The van der Waals surface area contributed by atoms with Crippen molar-refractivity contribution in [3.63, 3.8) is 0 Å². The third-order valence-electron chi connectivity index (χ3n) is 9.69. The zero-order chi connectivity index (χ0) is 36.0. The third kappa shape index (κ3) is 9.02. The van der Waals surface area contributed by atoms with Crippen LogP contribution < -0.4 is 5.32 Å². The topological polar surface area (TPSA) is 147 Å². The van der Waals surface area contributed by atoms with Crippen LogP contribution in [0.2, 0.25) is 0 Å². The van der Waals surface area contributed by atoms with E-state index < -0.39 is 39.6 Å². The van der Waals surface area contributed by atoms with Crippen molar-refractivity contribution in [3.05, 3.63) is 95.2 Å². The first-order valence-corrected chi connectivity index (χ1v) is 19.6. The minimum absolute atomic E-state index is 0.0486. The van der Waals surface area contributed by atoms with Gasteiger partial charge >= 0.3 is 5.97 Å². The Hall–Kier alpha value is -4.42. The highest BCUT2D eigenvalue weighted by atomic mass is 32.2. The van der Waals surface area contributed by atoms with Crippen molar-refractivity contribution < 1.29 is 27.9 Å². The van der Waals surface area contributed by atoms with Crippen molar-refractivity contribution in [2.24, 2.45) is 17.8 Å². The summed E-state index contributed by atoms with van der Waals surface area (Å²) >= 11 is 0.827. The average Bonchev–Trinajstić information content (AvgIpc) is 3.60. The number of carboxylic acids is 1. The lowest BCUT2D eigenvalue weighted by molar-refractivity contribution is -0.153. The van der Waals surface area contributed by atoms with Crippen molar-refractivity contribution in [3.8, 4) is 11.4 Å². The molecule has 5 rings (SSSR count). The Balaban J connectivity index is 1.24. The number of nitrogens with zero attached hydrogens (tertiary/aromatic N) is 3. The number of amides is 2. The Labute approximate surface area is 298 Å². The van der Waals surface area contributed by atoms with Gasteiger partial charge in [-0.15, -0.1) is 11.3 Å². The number of benzene rings is 1. The number of thiophene rings is 1. The largest absolute Gasteiger partial charge is 0.481 e. The van der Waals surface area contributed by atoms with Crippen LogP contribution in [0, 0.1) is 17.8 Å². The van der Waals surface area contributed by atoms with Crippen molar-refractivity contribution in [2.45, 2.75) is 62.6 Å². The van der Waals surface area contributed by atoms with Gasteiger partial charge in [0.05, 0.1) is 10.8 Å². The number of rotatable bonds is 13. The van der Waals surface area contributed by atoms with E-state index in [9.17, 15) is 27.9 Å². The molecule has 0 radical (unpaired) electrons. The van der Waals surface area contributed by atoms with E-state index in [4.69, 9.17) is 0 Å². The van der Waals surface area contributed by atoms with Crippen molar-refractivity contribution in [1.29, 1.82) is 0 Å². The van der Waals surface area contributed by atoms with Crippen LogP contribution in [0.4, 0.5) is 0 Å². The normalized spacial score (nSPS) is 19.2. The summed E-state index contributed by atoms with van der Waals surface area (Å²) in [6, 6.07) is 9.15. The third-order valence-corrected chi connectivity index (χ3v) is 12.6. The lowest BCUT2D eigenvalue weighted by atomic mass is 9.78. The molecule has 1 aliphatic carbocycles. The maximum Gasteiger partial charge on any atom is 0.310 e. The van der Waals surface area contributed by atoms with Crippen LogP contribution in [0.15, 0.2) is 83.4 Å². The summed E-state index contributed by atoms with van der Waals surface area (Å²) < 4.78 is 23.9. The molecule has 0 spiro atoms. The lowest BCUT2D eigenvalue weighted by Crippen LogP contribution is -2.59. The Morgan fingerprint density at radius 1 is 1.02 bits per heavy atom. The predicted octanol–water partition coefficient (Wildman–Crippen LogP) is 6.22. The number of nitrogens with one attached hydrogen (secondary N) is 1. The van der Waals surface area contributed by atoms with E-state index in [1.165, 1.54) is 54.7 Å². The molecule has 264 valence electrons. The zero-order valence-corrected chi connectivity index (χ0v) is 30.3. The second kappa shape index (κ2) is 16.1. The van der Waals surface area contributed by atoms with Gasteiger partial charge in [0.25, 0.3) is 5.91 Å². The summed E-state index contributed by atoms with van der Waals surface area (Å²) in [5.74, 6) is -0.686. The molecule has 0 bridgehead atoms. The molecule has 1 saturated carbocycles. The van der Waals surface area contributed by atoms with Crippen LogP contribution in [-0.4, -0.2) is 71.6 Å². The van der Waals surface area contributed by atoms with Gasteiger partial charge in [-0.25, -0.2) is 18.4 Å². The Morgan fingerprint density at radius 3 is 2.24 bits per heavy atom. The van der Waals surface area contributed by atoms with Crippen molar-refractivity contribution in [1.82, 2.24) is 20.2 Å². The molecule has 2 amide bonds. The number of carboxylic acid groups (broad SMARTS) is 1. The molecule has 1 saturated heterocycles. The average molecular weight is 717 g/mol. The summed E-state index contributed by atoms with van der Waals surface area (Å²) in [6.07, 6.45) is 17.2. The minimum Gasteiger partial charge on any atom is -0.481 e. The summed E-state index contributed by atoms with van der Waals surface area (Å²) in [6.45, 7) is 8.73. The summed E-state index contributed by atoms with van der Waals surface area (Å²) in [5, 5.41) is 12.0. The summed E-state index contributed by atoms with van der Waals surface area (Å²) in [7, 11) is -3.49. The van der Waals surface area contributed by atoms with E-state index >= 15 is 0 Å². The second-order valence-electron chi connectivity index (χ2n) is 13.2. The molecule has 2 aromatic heterocycles. The zero-order valence-electron chi connectivity index (χ0n) is 28.7. The van der Waals surface area contributed by atoms with E-state index in [0.29, 0.717) is 11.7 Å². The maximum absolute atomic E-state index is 13.4. The fourth-order valence-electron chi connectivity index (χ4n) is 6.39. The molecule has 2 aliphatic rings. The molecule has 1 aromatic carbocycles. The first-order valence-electron chi connectivity index (χ1n) is 16.9. The van der Waals surface area contributed by atoms with Gasteiger partial charge in [-0.1, -0.05) is 68.0 Å². The van der Waals surface area contributed by atoms with Gasteiger partial charge in [0.2, 0.25) is 5.91 Å². The van der Waals surface area contributed by atoms with Gasteiger partial charge in [0.15, 0.2) is 15.7 Å². The van der Waals surface area contributed by atoms with Crippen LogP contribution in [0.5, 0.6) is 0 Å². The van der Waals surface area contributed by atoms with Gasteiger partial charge < -0.3 is 15.3 Å². The van der Waals surface area contributed by atoms with Crippen molar-refractivity contribution >= 4 is 44.5 Å². The SMILES string of the molecule is C=C(/C=C\C(=C/C)c1cnc(-c2ccc(C[C@H](NC(=O)c3ccc(S(C)(=O)=O)s3)C(=O)N3CC(C(=O)O)C3)cc2)nc1)[C@H]1CC[C@H](CC)CC1. The van der Waals surface area contributed by atoms with Crippen LogP contribution >= 0.6 is 11.3 Å². The number of likely N-dealkylation sites (tertiary alicyclic amines) is 1. The Bertz CT molecular complexity index is 1880. The van der Waals surface area contributed by atoms with Gasteiger partial charge in [0, 0.05) is 49.3 Å². The van der Waals surface area contributed by atoms with Crippen LogP contribution in [0.1, 0.15) is 66.8 Å². The highest BCUT2D eigenvalue weighted by molar-refractivity contribution is 7.92. The number of hydrogen-bond acceptors (Lipinski definition) is 8. The molecule has 0 unspecified atom stereocenters. The van der Waals surface area contributed by atoms with E-state index in [-0.39, 0.29) is 28.6 Å². The summed E-state index contributed by atoms with van der Waals surface area (Å²) in [4.78, 5) is 48.6. The molecule has 10 nitrogen and oxygen atoms in total. The Morgan fingerprint density at radius 2 is 1.68 bits per heavy atom. The van der Waals surface area contributed by atoms with Gasteiger partial charge in [-0.2, -0.15) is 0 Å². The number of hydrogen-bond donors (Lipinski definition) is 2. The van der Waals surface area contributed by atoms with E-state index in [1.807, 2.05) is 37.3 Å². The number of allylic oxidation sites excluding steroid dienone is 5. The molecule has 50 heavy (non-hydrogen) atoms. The van der Waals surface area contributed by atoms with E-state index in [0.717, 1.165) is 45.8 Å². The van der Waals surface area contributed by atoms with Crippen molar-refractivity contribution in [2.75, 3.05) is 19.3 Å². The standard InChI is InChI=1S/C38H44N4O6S2/c1-5-25-8-13-28(14-9-25)24(3)7-12-27(6-2)30-20-39-35(40-21-30)29-15-10-26(11-16-29)19-32(37(44)42-22-31(23-42)38(45)46)41-36(43)33-17-18-34(49-33)50(4,47)48/h6-7,10-12,15-18,20-21,25,28,31-32H,3,5,8-9,13-14,19,22-23H2,1-2,4H3,(H,41,43)(H,45,46)/b12-7-,27-6+/t25-,28-,32-/m0/s1. The molecule has 1 atom stereocenters. The number of aromatic nitrogens is 2. The molecule has 3 aromatic rings. The molecule has 12 heteroatoms. The first kappa shape index (κ1) is 36.9. The smallest absolute Gasteiger partial charge is 0.310 e. The monoisotopic (exact) mass is 716 g/mol. The predicted molar refractivity (Wildman–Crippen MR) is 195 cm³/mol. The van der Waals surface area contributed by atoms with Gasteiger partial charge in [-0.3, -0.25) is 14.4 Å². The molecule has 3 heterocycles. The number of sulfone groups is 1. The lowest BCUT2D eigenvalue weighted by Gasteiger charge is -2.38.